The fraction of sp³-hybridized carbons (Fsp3) is 0.143. The van der Waals surface area contributed by atoms with Crippen LogP contribution in [0.2, 0.25) is 0 Å². The van der Waals surface area contributed by atoms with Gasteiger partial charge in [0.2, 0.25) is 0 Å². The summed E-state index contributed by atoms with van der Waals surface area (Å²) in [4.78, 5) is 1.12. The molecule has 0 aromatic heterocycles. The maximum absolute atomic E-state index is 9.61. The van der Waals surface area contributed by atoms with Crippen molar-refractivity contribution in [1.82, 2.24) is 0 Å². The normalized spacial score (nSPS) is 19.5. The van der Waals surface area contributed by atoms with E-state index in [2.05, 4.69) is 18.1 Å². The molecule has 1 aliphatic rings. The molecule has 1 aliphatic heterocycles. The molecule has 0 saturated carbocycles. The highest BCUT2D eigenvalue weighted by Gasteiger charge is 2.33. The smallest absolute Gasteiger partial charge is 0.293 e. The summed E-state index contributed by atoms with van der Waals surface area (Å²) in [7, 11) is 0. The fourth-order valence-corrected chi connectivity index (χ4v) is 4.40. The van der Waals surface area contributed by atoms with E-state index in [9.17, 15) is 5.11 Å². The average Bonchev–Trinajstić information content (AvgIpc) is 2.68. The van der Waals surface area contributed by atoms with Gasteiger partial charge in [-0.3, -0.25) is 0 Å². The Morgan fingerprint density at radius 3 is 2.32 bits per heavy atom. The predicted molar refractivity (Wildman–Crippen MR) is 99.4 cm³/mol. The minimum atomic E-state index is -0.182. The first-order valence-corrected chi connectivity index (χ1v) is 8.98. The van der Waals surface area contributed by atoms with Gasteiger partial charge in [0.25, 0.3) is 1.43 Å². The summed E-state index contributed by atoms with van der Waals surface area (Å²) in [5.74, 6) is 1.62. The van der Waals surface area contributed by atoms with E-state index in [1.165, 1.54) is 5.56 Å². The molecule has 0 saturated heterocycles. The van der Waals surface area contributed by atoms with Gasteiger partial charge in [0.1, 0.15) is 23.4 Å². The zero-order valence-corrected chi connectivity index (χ0v) is 14.5. The monoisotopic (exact) mass is 352 g/mol. The van der Waals surface area contributed by atoms with Crippen molar-refractivity contribution in [3.63, 3.8) is 0 Å². The molecule has 2 N–H and O–H groups in total. The molecule has 3 nitrogen and oxygen atoms in total. The summed E-state index contributed by atoms with van der Waals surface area (Å²) in [6.07, 6.45) is -0.182. The Hall–Kier alpha value is -2.59. The lowest BCUT2D eigenvalue weighted by molar-refractivity contribution is 0.191. The predicted octanol–water partition coefficient (Wildman–Crippen LogP) is 5.37. The van der Waals surface area contributed by atoms with Crippen LogP contribution in [0.3, 0.4) is 0 Å². The molecule has 3 aromatic rings. The molecule has 0 bridgehead atoms. The van der Waals surface area contributed by atoms with Gasteiger partial charge in [-0.15, -0.1) is 11.8 Å². The van der Waals surface area contributed by atoms with Gasteiger partial charge in [-0.1, -0.05) is 30.3 Å². The summed E-state index contributed by atoms with van der Waals surface area (Å²) in [5.41, 5.74) is 3.30. The Kier molecular flexibility index (Phi) is 3.75. The molecule has 0 radical (unpaired) electrons. The van der Waals surface area contributed by atoms with Crippen molar-refractivity contribution in [3.8, 4) is 17.2 Å². The highest BCUT2D eigenvalue weighted by molar-refractivity contribution is 7.99. The molecule has 0 aliphatic carbocycles. The quantitative estimate of drug-likeness (QED) is 0.665. The lowest BCUT2D eigenvalue weighted by Crippen LogP contribution is -2.19. The molecular weight excluding hydrogens is 332 g/mol. The maximum Gasteiger partial charge on any atom is 0.293 e. The molecule has 2 atom stereocenters. The van der Waals surface area contributed by atoms with Crippen molar-refractivity contribution in [2.24, 2.45) is 0 Å². The lowest BCUT2D eigenvalue weighted by atomic mass is 10.00. The van der Waals surface area contributed by atoms with Crippen molar-refractivity contribution in [2.75, 3.05) is 0 Å². The summed E-state index contributed by atoms with van der Waals surface area (Å²) in [6.45, 7) is 2.07. The van der Waals surface area contributed by atoms with Crippen LogP contribution in [0.25, 0.3) is 0 Å². The topological polar surface area (TPSA) is 49.7 Å². The van der Waals surface area contributed by atoms with Crippen LogP contribution >= 0.6 is 11.8 Å². The first kappa shape index (κ1) is 14.7. The van der Waals surface area contributed by atoms with Crippen molar-refractivity contribution >= 4 is 11.8 Å². The summed E-state index contributed by atoms with van der Waals surface area (Å²) in [6, 6.07) is 20.9. The van der Waals surface area contributed by atoms with Gasteiger partial charge in [0, 0.05) is 0 Å². The van der Waals surface area contributed by atoms with Gasteiger partial charge in [-0.2, -0.15) is 0 Å². The Labute approximate surface area is 152 Å². The van der Waals surface area contributed by atoms with Gasteiger partial charge in [0.05, 0.1) is 10.1 Å². The zero-order chi connectivity index (χ0) is 18.1. The number of hydrogen-bond acceptors (Lipinski definition) is 4. The molecular formula is C21H18O3S. The number of aryl methyl sites for hydroxylation is 1. The zero-order valence-electron chi connectivity index (χ0n) is 14.7. The van der Waals surface area contributed by atoms with Crippen LogP contribution in [0.4, 0.5) is 0 Å². The van der Waals surface area contributed by atoms with Gasteiger partial charge >= 0.3 is 0 Å². The largest absolute Gasteiger partial charge is 0.508 e. The highest BCUT2D eigenvalue weighted by Crippen LogP contribution is 2.53. The van der Waals surface area contributed by atoms with E-state index in [-0.39, 0.29) is 17.1 Å². The van der Waals surface area contributed by atoms with Crippen molar-refractivity contribution < 1.29 is 15.0 Å². The number of phenolic OH excluding ortho intramolecular Hbond substituents is 2. The van der Waals surface area contributed by atoms with E-state index in [1.54, 1.807) is 36.0 Å². The second-order valence-electron chi connectivity index (χ2n) is 6.19. The average molecular weight is 352 g/mol. The lowest BCUT2D eigenvalue weighted by Gasteiger charge is -2.34. The Balaban J connectivity index is 1.76. The van der Waals surface area contributed by atoms with Crippen LogP contribution in [-0.2, 0) is 0 Å². The minimum absolute atomic E-state index is 0.0497. The number of ether oxygens (including phenoxy) is 1. The van der Waals surface area contributed by atoms with E-state index in [0.29, 0.717) is 5.75 Å². The van der Waals surface area contributed by atoms with Crippen molar-refractivity contribution in [3.05, 3.63) is 83.4 Å². The number of rotatable bonds is 3. The number of thioether (sulfide) groups is 1. The summed E-state index contributed by atoms with van der Waals surface area (Å²) in [5, 5.41) is 14.2. The second kappa shape index (κ2) is 6.37. The third-order valence-electron chi connectivity index (χ3n) is 4.31. The van der Waals surface area contributed by atoms with Crippen LogP contribution < -0.4 is 4.74 Å². The van der Waals surface area contributed by atoms with Crippen LogP contribution in [0.15, 0.2) is 71.6 Å². The molecule has 3 aromatic carbocycles. The van der Waals surface area contributed by atoms with Crippen molar-refractivity contribution in [2.45, 2.75) is 23.2 Å². The van der Waals surface area contributed by atoms with Gasteiger partial charge < -0.3 is 15.0 Å². The summed E-state index contributed by atoms with van der Waals surface area (Å²) >= 11 is 1.77. The van der Waals surface area contributed by atoms with E-state index in [1.807, 2.05) is 36.4 Å². The van der Waals surface area contributed by atoms with E-state index >= 15 is 0 Å². The van der Waals surface area contributed by atoms with Gasteiger partial charge in [-0.05, 0) is 60.0 Å². The third-order valence-corrected chi connectivity index (χ3v) is 5.66. The fourth-order valence-electron chi connectivity index (χ4n) is 3.01. The first-order valence-electron chi connectivity index (χ1n) is 8.51. The molecule has 0 unspecified atom stereocenters. The minimum Gasteiger partial charge on any atom is -0.508 e. The molecule has 4 heteroatoms. The Morgan fingerprint density at radius 2 is 1.60 bits per heavy atom. The van der Waals surface area contributed by atoms with Crippen LogP contribution in [0.5, 0.6) is 17.2 Å². The van der Waals surface area contributed by atoms with Crippen LogP contribution in [0.1, 0.15) is 28.0 Å². The van der Waals surface area contributed by atoms with Crippen LogP contribution in [-0.4, -0.2) is 11.6 Å². The maximum atomic E-state index is 9.61. The van der Waals surface area contributed by atoms with Crippen molar-refractivity contribution in [1.29, 1.82) is 1.43 Å². The van der Waals surface area contributed by atoms with E-state index in [4.69, 9.17) is 6.17 Å². The SMILES string of the molecule is [3H]Oc1ccc([C@@H]2Sc3cc(C)ccc3O[C@@H]2c2ccc(O)cc2)cc1. The number of aromatic hydroxyl groups is 2. The second-order valence-corrected chi connectivity index (χ2v) is 7.37. The molecule has 126 valence electrons. The molecule has 0 amide bonds. The number of benzene rings is 3. The highest BCUT2D eigenvalue weighted by atomic mass is 32.2. The van der Waals surface area contributed by atoms with Crippen LogP contribution in [0, 0.1) is 6.92 Å². The van der Waals surface area contributed by atoms with Gasteiger partial charge in [0.15, 0.2) is 0 Å². The Bertz CT molecular complexity index is 910. The molecule has 25 heavy (non-hydrogen) atoms. The van der Waals surface area contributed by atoms with Gasteiger partial charge in [-0.25, -0.2) is 0 Å². The third kappa shape index (κ3) is 3.17. The number of phenols is 2. The summed E-state index contributed by atoms with van der Waals surface area (Å²) < 4.78 is 13.4. The number of hydrogen-bond donors (Lipinski definition) is 2. The standard InChI is InChI=1S/C21H18O3S/c1-13-2-11-18-19(12-13)25-21(15-5-9-17(23)10-6-15)20(24-18)14-3-7-16(22)8-4-14/h2-12,20-23H,1H3/t20-,21+/m1/s1/i/hT. The number of fused-ring (bicyclic) bond motifs is 1. The molecule has 0 spiro atoms. The van der Waals surface area contributed by atoms with E-state index in [0.717, 1.165) is 21.8 Å². The molecule has 4 rings (SSSR count). The molecule has 1 heterocycles. The Morgan fingerprint density at radius 1 is 0.920 bits per heavy atom. The molecule has 0 fully saturated rings. The van der Waals surface area contributed by atoms with E-state index < -0.39 is 0 Å². The first-order chi connectivity index (χ1) is 12.6.